The van der Waals surface area contributed by atoms with Crippen LogP contribution in [0.2, 0.25) is 0 Å². The lowest BCUT2D eigenvalue weighted by atomic mass is 10.1. The topological polar surface area (TPSA) is 29.5 Å². The molecule has 1 N–H and O–H groups in total. The van der Waals surface area contributed by atoms with Crippen LogP contribution >= 0.6 is 0 Å². The molecule has 0 unspecified atom stereocenters. The summed E-state index contributed by atoms with van der Waals surface area (Å²) in [5.74, 6) is 0.656. The molecule has 0 saturated carbocycles. The fourth-order valence-corrected chi connectivity index (χ4v) is 1.52. The minimum absolute atomic E-state index is 0.350. The van der Waals surface area contributed by atoms with Crippen molar-refractivity contribution in [1.82, 2.24) is 0 Å². The zero-order valence-electron chi connectivity index (χ0n) is 10.5. The first-order chi connectivity index (χ1) is 7.27. The molecule has 92 valence electrons. The van der Waals surface area contributed by atoms with Gasteiger partial charge >= 0.3 is 0 Å². The SMILES string of the molecule is CC(C)COCCCCCCCCCO. The van der Waals surface area contributed by atoms with Crippen LogP contribution in [0, 0.1) is 5.92 Å². The number of rotatable bonds is 11. The van der Waals surface area contributed by atoms with Crippen molar-refractivity contribution in [3.8, 4) is 0 Å². The summed E-state index contributed by atoms with van der Waals surface area (Å²) in [5, 5.41) is 8.59. The zero-order chi connectivity index (χ0) is 11.4. The molecular weight excluding hydrogens is 188 g/mol. The van der Waals surface area contributed by atoms with Crippen molar-refractivity contribution in [2.24, 2.45) is 5.92 Å². The van der Waals surface area contributed by atoms with Crippen LogP contribution < -0.4 is 0 Å². The molecular formula is C13H28O2. The number of aliphatic hydroxyl groups is 1. The molecule has 15 heavy (non-hydrogen) atoms. The molecule has 0 aromatic heterocycles. The highest BCUT2D eigenvalue weighted by Gasteiger charge is 1.94. The van der Waals surface area contributed by atoms with E-state index in [1.807, 2.05) is 0 Å². The summed E-state index contributed by atoms with van der Waals surface area (Å²) in [4.78, 5) is 0. The van der Waals surface area contributed by atoms with Crippen molar-refractivity contribution in [3.05, 3.63) is 0 Å². The van der Waals surface area contributed by atoms with E-state index in [2.05, 4.69) is 13.8 Å². The first-order valence-corrected chi connectivity index (χ1v) is 6.46. The minimum atomic E-state index is 0.350. The maximum Gasteiger partial charge on any atom is 0.0488 e. The van der Waals surface area contributed by atoms with E-state index in [0.717, 1.165) is 19.6 Å². The Morgan fingerprint density at radius 3 is 1.93 bits per heavy atom. The van der Waals surface area contributed by atoms with Gasteiger partial charge in [0.15, 0.2) is 0 Å². The second-order valence-electron chi connectivity index (χ2n) is 4.67. The highest BCUT2D eigenvalue weighted by Crippen LogP contribution is 2.07. The van der Waals surface area contributed by atoms with Gasteiger partial charge in [-0.1, -0.05) is 46.0 Å². The maximum atomic E-state index is 8.59. The number of ether oxygens (including phenoxy) is 1. The Kier molecular flexibility index (Phi) is 11.9. The third-order valence-electron chi connectivity index (χ3n) is 2.40. The van der Waals surface area contributed by atoms with E-state index < -0.39 is 0 Å². The summed E-state index contributed by atoms with van der Waals surface area (Å²) in [6.07, 6.45) is 8.54. The van der Waals surface area contributed by atoms with Crippen LogP contribution in [0.3, 0.4) is 0 Å². The molecule has 2 heteroatoms. The second-order valence-corrected chi connectivity index (χ2v) is 4.67. The molecule has 0 heterocycles. The lowest BCUT2D eigenvalue weighted by Crippen LogP contribution is -2.02. The van der Waals surface area contributed by atoms with Crippen LogP contribution in [0.5, 0.6) is 0 Å². The lowest BCUT2D eigenvalue weighted by Gasteiger charge is -2.06. The molecule has 0 amide bonds. The molecule has 0 atom stereocenters. The van der Waals surface area contributed by atoms with Crippen LogP contribution in [0.1, 0.15) is 58.8 Å². The Morgan fingerprint density at radius 1 is 0.867 bits per heavy atom. The number of hydrogen-bond donors (Lipinski definition) is 1. The van der Waals surface area contributed by atoms with Crippen molar-refractivity contribution in [3.63, 3.8) is 0 Å². The molecule has 0 aliphatic heterocycles. The van der Waals surface area contributed by atoms with Gasteiger partial charge in [-0.3, -0.25) is 0 Å². The molecule has 0 aliphatic carbocycles. The predicted molar refractivity (Wildman–Crippen MR) is 65.1 cm³/mol. The summed E-state index contributed by atoms with van der Waals surface area (Å²) in [5.41, 5.74) is 0. The van der Waals surface area contributed by atoms with Crippen molar-refractivity contribution < 1.29 is 9.84 Å². The van der Waals surface area contributed by atoms with Crippen LogP contribution in [-0.4, -0.2) is 24.9 Å². The zero-order valence-corrected chi connectivity index (χ0v) is 10.5. The number of hydrogen-bond acceptors (Lipinski definition) is 2. The van der Waals surface area contributed by atoms with Crippen molar-refractivity contribution >= 4 is 0 Å². The van der Waals surface area contributed by atoms with Gasteiger partial charge in [0.05, 0.1) is 0 Å². The van der Waals surface area contributed by atoms with E-state index >= 15 is 0 Å². The van der Waals surface area contributed by atoms with Gasteiger partial charge in [0.2, 0.25) is 0 Å². The molecule has 0 bridgehead atoms. The summed E-state index contributed by atoms with van der Waals surface area (Å²) >= 11 is 0. The standard InChI is InChI=1S/C13H28O2/c1-13(2)12-15-11-9-7-5-3-4-6-8-10-14/h13-14H,3-12H2,1-2H3. The highest BCUT2D eigenvalue weighted by molar-refractivity contribution is 4.46. The van der Waals surface area contributed by atoms with Gasteiger partial charge in [0, 0.05) is 19.8 Å². The number of aliphatic hydroxyl groups excluding tert-OH is 1. The van der Waals surface area contributed by atoms with E-state index in [1.54, 1.807) is 0 Å². The Labute approximate surface area is 95.0 Å². The van der Waals surface area contributed by atoms with E-state index in [4.69, 9.17) is 9.84 Å². The fourth-order valence-electron chi connectivity index (χ4n) is 1.52. The fraction of sp³-hybridized carbons (Fsp3) is 1.00. The normalized spacial score (nSPS) is 11.2. The third-order valence-corrected chi connectivity index (χ3v) is 2.40. The summed E-state index contributed by atoms with van der Waals surface area (Å²) in [6.45, 7) is 6.54. The van der Waals surface area contributed by atoms with Crippen molar-refractivity contribution in [1.29, 1.82) is 0 Å². The van der Waals surface area contributed by atoms with Gasteiger partial charge in [-0.2, -0.15) is 0 Å². The third kappa shape index (κ3) is 13.9. The molecule has 0 fully saturated rings. The summed E-state index contributed by atoms with van der Waals surface area (Å²) in [7, 11) is 0. The molecule has 2 nitrogen and oxygen atoms in total. The monoisotopic (exact) mass is 216 g/mol. The van der Waals surface area contributed by atoms with Gasteiger partial charge in [-0.05, 0) is 18.8 Å². The largest absolute Gasteiger partial charge is 0.396 e. The van der Waals surface area contributed by atoms with E-state index in [-0.39, 0.29) is 0 Å². The van der Waals surface area contributed by atoms with E-state index in [9.17, 15) is 0 Å². The van der Waals surface area contributed by atoms with Crippen LogP contribution in [0.15, 0.2) is 0 Å². The quantitative estimate of drug-likeness (QED) is 0.536. The van der Waals surface area contributed by atoms with Crippen molar-refractivity contribution in [2.75, 3.05) is 19.8 Å². The van der Waals surface area contributed by atoms with Crippen LogP contribution in [-0.2, 0) is 4.74 Å². The average molecular weight is 216 g/mol. The summed E-state index contributed by atoms with van der Waals surface area (Å²) < 4.78 is 5.51. The Bertz CT molecular complexity index is 113. The molecule has 0 rings (SSSR count). The molecule has 0 saturated heterocycles. The van der Waals surface area contributed by atoms with E-state index in [0.29, 0.717) is 12.5 Å². The second kappa shape index (κ2) is 12.0. The molecule has 0 aromatic rings. The molecule has 0 spiro atoms. The van der Waals surface area contributed by atoms with Gasteiger partial charge in [0.1, 0.15) is 0 Å². The van der Waals surface area contributed by atoms with Gasteiger partial charge < -0.3 is 9.84 Å². The summed E-state index contributed by atoms with van der Waals surface area (Å²) in [6, 6.07) is 0. The van der Waals surface area contributed by atoms with E-state index in [1.165, 1.54) is 38.5 Å². The Balaban J connectivity index is 2.87. The minimum Gasteiger partial charge on any atom is -0.396 e. The highest BCUT2D eigenvalue weighted by atomic mass is 16.5. The maximum absolute atomic E-state index is 8.59. The first-order valence-electron chi connectivity index (χ1n) is 6.46. The average Bonchev–Trinajstić information content (AvgIpc) is 2.20. The van der Waals surface area contributed by atoms with Gasteiger partial charge in [0.25, 0.3) is 0 Å². The lowest BCUT2D eigenvalue weighted by molar-refractivity contribution is 0.106. The molecule has 0 aliphatic rings. The first kappa shape index (κ1) is 14.9. The van der Waals surface area contributed by atoms with Crippen LogP contribution in [0.4, 0.5) is 0 Å². The smallest absolute Gasteiger partial charge is 0.0488 e. The van der Waals surface area contributed by atoms with Gasteiger partial charge in [-0.25, -0.2) is 0 Å². The van der Waals surface area contributed by atoms with Gasteiger partial charge in [-0.15, -0.1) is 0 Å². The van der Waals surface area contributed by atoms with Crippen LogP contribution in [0.25, 0.3) is 0 Å². The Morgan fingerprint density at radius 2 is 1.40 bits per heavy atom. The Hall–Kier alpha value is -0.0800. The molecule has 0 radical (unpaired) electrons. The predicted octanol–water partition coefficient (Wildman–Crippen LogP) is 3.38. The van der Waals surface area contributed by atoms with Crippen molar-refractivity contribution in [2.45, 2.75) is 58.8 Å². The molecule has 0 aromatic carbocycles. The number of unbranched alkanes of at least 4 members (excludes halogenated alkanes) is 6.